The molecule has 0 amide bonds. The molecule has 7 heteroatoms. The zero-order chi connectivity index (χ0) is 16.6. The summed E-state index contributed by atoms with van der Waals surface area (Å²) in [5.74, 6) is -3.56. The van der Waals surface area contributed by atoms with Crippen LogP contribution in [0.15, 0.2) is 23.3 Å². The minimum atomic E-state index is -1.60. The van der Waals surface area contributed by atoms with E-state index in [4.69, 9.17) is 10.5 Å². The summed E-state index contributed by atoms with van der Waals surface area (Å²) < 4.78 is 5.12. The molecule has 4 N–H and O–H groups in total. The van der Waals surface area contributed by atoms with Gasteiger partial charge in [-0.25, -0.2) is 9.59 Å². The van der Waals surface area contributed by atoms with E-state index < -0.39 is 40.5 Å². The van der Waals surface area contributed by atoms with Crippen LogP contribution in [0.25, 0.3) is 0 Å². The number of carboxylic acids is 2. The predicted molar refractivity (Wildman–Crippen MR) is 73.4 cm³/mol. The van der Waals surface area contributed by atoms with Crippen molar-refractivity contribution in [3.05, 3.63) is 23.3 Å². The Labute approximate surface area is 122 Å². The lowest BCUT2D eigenvalue weighted by atomic mass is 9.73. The third-order valence-electron chi connectivity index (χ3n) is 3.15. The van der Waals surface area contributed by atoms with Crippen molar-refractivity contribution in [3.63, 3.8) is 0 Å². The molecular formula is C14H19NO6. The summed E-state index contributed by atoms with van der Waals surface area (Å²) in [4.78, 5) is 34.7. The van der Waals surface area contributed by atoms with Gasteiger partial charge >= 0.3 is 17.9 Å². The lowest BCUT2D eigenvalue weighted by Crippen LogP contribution is -2.49. The van der Waals surface area contributed by atoms with Gasteiger partial charge in [0.1, 0.15) is 11.0 Å². The number of nitrogens with two attached hydrogens (primary N) is 1. The average Bonchev–Trinajstić information content (AvgIpc) is 2.29. The summed E-state index contributed by atoms with van der Waals surface area (Å²) in [6, 6.07) is -1.36. The maximum atomic E-state index is 12.1. The molecule has 0 aromatic carbocycles. The molecule has 21 heavy (non-hydrogen) atoms. The standard InChI is InChI=1S/C14H19NO6/c1-13(2,3)21-11(18)7-5-6-14(4,12(19)20)9(15)8(7)10(16)17/h5-6,9H,15H2,1-4H3,(H,16,17)(H,19,20). The molecule has 0 aliphatic heterocycles. The Hall–Kier alpha value is -2.15. The molecule has 1 aliphatic rings. The van der Waals surface area contributed by atoms with Crippen molar-refractivity contribution < 1.29 is 29.3 Å². The first-order valence-electron chi connectivity index (χ1n) is 6.29. The van der Waals surface area contributed by atoms with Gasteiger partial charge in [0.15, 0.2) is 0 Å². The number of ether oxygens (including phenoxy) is 1. The predicted octanol–water partition coefficient (Wildman–Crippen LogP) is 0.697. The molecule has 0 aromatic heterocycles. The highest BCUT2D eigenvalue weighted by molar-refractivity contribution is 6.04. The van der Waals surface area contributed by atoms with Gasteiger partial charge in [0.25, 0.3) is 0 Å². The fourth-order valence-corrected chi connectivity index (χ4v) is 1.88. The third-order valence-corrected chi connectivity index (χ3v) is 3.15. The second-order valence-corrected chi connectivity index (χ2v) is 6.03. The van der Waals surface area contributed by atoms with Crippen LogP contribution in [0, 0.1) is 5.41 Å². The molecule has 0 saturated carbocycles. The second-order valence-electron chi connectivity index (χ2n) is 6.03. The van der Waals surface area contributed by atoms with E-state index in [-0.39, 0.29) is 5.57 Å². The molecule has 0 radical (unpaired) electrons. The number of hydrogen-bond acceptors (Lipinski definition) is 5. The fraction of sp³-hybridized carbons (Fsp3) is 0.500. The van der Waals surface area contributed by atoms with Crippen molar-refractivity contribution in [2.75, 3.05) is 0 Å². The normalized spacial score (nSPS) is 25.7. The highest BCUT2D eigenvalue weighted by Gasteiger charge is 2.45. The number of carbonyl (C=O) groups is 3. The third kappa shape index (κ3) is 3.30. The van der Waals surface area contributed by atoms with E-state index in [0.717, 1.165) is 6.08 Å². The lowest BCUT2D eigenvalue weighted by Gasteiger charge is -2.33. The number of esters is 1. The Morgan fingerprint density at radius 3 is 2.19 bits per heavy atom. The zero-order valence-corrected chi connectivity index (χ0v) is 12.3. The molecular weight excluding hydrogens is 278 g/mol. The Morgan fingerprint density at radius 1 is 1.29 bits per heavy atom. The number of carboxylic acid groups (broad SMARTS) is 2. The molecule has 116 valence electrons. The first-order valence-corrected chi connectivity index (χ1v) is 6.29. The SMILES string of the molecule is CC(C)(C)OC(=O)C1=C(C(=O)O)C(N)C(C)(C(=O)O)C=C1. The van der Waals surface area contributed by atoms with Crippen molar-refractivity contribution >= 4 is 17.9 Å². The summed E-state index contributed by atoms with van der Waals surface area (Å²) in [6.45, 7) is 6.21. The highest BCUT2D eigenvalue weighted by Crippen LogP contribution is 2.34. The van der Waals surface area contributed by atoms with Crippen LogP contribution in [0.1, 0.15) is 27.7 Å². The number of carbonyl (C=O) groups excluding carboxylic acids is 1. The zero-order valence-electron chi connectivity index (χ0n) is 12.3. The Balaban J connectivity index is 3.33. The number of hydrogen-bond donors (Lipinski definition) is 3. The highest BCUT2D eigenvalue weighted by atomic mass is 16.6. The molecule has 1 aliphatic carbocycles. The van der Waals surface area contributed by atoms with Crippen LogP contribution in [0.3, 0.4) is 0 Å². The Morgan fingerprint density at radius 2 is 1.81 bits per heavy atom. The van der Waals surface area contributed by atoms with Gasteiger partial charge in [0.05, 0.1) is 17.2 Å². The second kappa shape index (κ2) is 5.33. The summed E-state index contributed by atoms with van der Waals surface area (Å²) in [6.07, 6.45) is 2.36. The molecule has 0 fully saturated rings. The van der Waals surface area contributed by atoms with Crippen LogP contribution in [-0.4, -0.2) is 39.8 Å². The van der Waals surface area contributed by atoms with Crippen LogP contribution in [0.5, 0.6) is 0 Å². The first-order chi connectivity index (χ1) is 9.40. The van der Waals surface area contributed by atoms with Gasteiger partial charge in [-0.2, -0.15) is 0 Å². The quantitative estimate of drug-likeness (QED) is 0.654. The van der Waals surface area contributed by atoms with E-state index >= 15 is 0 Å². The minimum Gasteiger partial charge on any atom is -0.481 e. The molecule has 0 heterocycles. The van der Waals surface area contributed by atoms with Gasteiger partial charge in [-0.05, 0) is 33.8 Å². The first kappa shape index (κ1) is 16.9. The molecule has 0 spiro atoms. The summed E-state index contributed by atoms with van der Waals surface area (Å²) >= 11 is 0. The van der Waals surface area contributed by atoms with Crippen LogP contribution in [-0.2, 0) is 19.1 Å². The average molecular weight is 297 g/mol. The Kier molecular flexibility index (Phi) is 4.29. The number of rotatable bonds is 3. The summed E-state index contributed by atoms with van der Waals surface area (Å²) in [5, 5.41) is 18.5. The maximum Gasteiger partial charge on any atom is 0.339 e. The van der Waals surface area contributed by atoms with Crippen molar-refractivity contribution in [1.29, 1.82) is 0 Å². The van der Waals surface area contributed by atoms with Crippen molar-refractivity contribution in [2.24, 2.45) is 11.1 Å². The topological polar surface area (TPSA) is 127 Å². The number of aliphatic carboxylic acids is 2. The van der Waals surface area contributed by atoms with Crippen LogP contribution < -0.4 is 5.73 Å². The van der Waals surface area contributed by atoms with Crippen LogP contribution in [0.2, 0.25) is 0 Å². The van der Waals surface area contributed by atoms with E-state index in [0.29, 0.717) is 0 Å². The van der Waals surface area contributed by atoms with Crippen molar-refractivity contribution in [2.45, 2.75) is 39.3 Å². The van der Waals surface area contributed by atoms with E-state index in [1.54, 1.807) is 20.8 Å². The lowest BCUT2D eigenvalue weighted by molar-refractivity contribution is -0.151. The van der Waals surface area contributed by atoms with Crippen molar-refractivity contribution in [1.82, 2.24) is 0 Å². The van der Waals surface area contributed by atoms with E-state index in [1.165, 1.54) is 13.0 Å². The monoisotopic (exact) mass is 297 g/mol. The molecule has 2 unspecified atom stereocenters. The molecule has 1 rings (SSSR count). The fourth-order valence-electron chi connectivity index (χ4n) is 1.88. The van der Waals surface area contributed by atoms with E-state index in [2.05, 4.69) is 0 Å². The smallest absolute Gasteiger partial charge is 0.339 e. The van der Waals surface area contributed by atoms with Gasteiger partial charge in [-0.15, -0.1) is 0 Å². The Bertz CT molecular complexity index is 554. The largest absolute Gasteiger partial charge is 0.481 e. The molecule has 0 bridgehead atoms. The minimum absolute atomic E-state index is 0.233. The van der Waals surface area contributed by atoms with Crippen molar-refractivity contribution in [3.8, 4) is 0 Å². The molecule has 0 saturated heterocycles. The summed E-state index contributed by atoms with van der Waals surface area (Å²) in [7, 11) is 0. The van der Waals surface area contributed by atoms with Gasteiger partial charge in [-0.1, -0.05) is 6.08 Å². The van der Waals surface area contributed by atoms with Gasteiger partial charge in [0, 0.05) is 0 Å². The molecule has 7 nitrogen and oxygen atoms in total. The van der Waals surface area contributed by atoms with Crippen LogP contribution >= 0.6 is 0 Å². The van der Waals surface area contributed by atoms with E-state index in [9.17, 15) is 24.6 Å². The van der Waals surface area contributed by atoms with Gasteiger partial charge in [-0.3, -0.25) is 4.79 Å². The van der Waals surface area contributed by atoms with Crippen LogP contribution in [0.4, 0.5) is 0 Å². The molecule has 2 atom stereocenters. The summed E-state index contributed by atoms with van der Waals surface area (Å²) in [5.41, 5.74) is 2.67. The van der Waals surface area contributed by atoms with Gasteiger partial charge in [0.2, 0.25) is 0 Å². The molecule has 0 aromatic rings. The van der Waals surface area contributed by atoms with Gasteiger partial charge < -0.3 is 20.7 Å². The maximum absolute atomic E-state index is 12.1. The van der Waals surface area contributed by atoms with E-state index in [1.807, 2.05) is 0 Å².